The van der Waals surface area contributed by atoms with Crippen LogP contribution in [0.25, 0.3) is 0 Å². The molecule has 0 spiro atoms. The molecule has 19 heavy (non-hydrogen) atoms. The molecule has 2 heterocycles. The quantitative estimate of drug-likeness (QED) is 0.715. The Hall–Kier alpha value is -1.40. The first kappa shape index (κ1) is 14.0. The molecule has 0 aromatic carbocycles. The number of rotatable bonds is 5. The van der Waals surface area contributed by atoms with Gasteiger partial charge in [0.2, 0.25) is 0 Å². The Labute approximate surface area is 111 Å². The number of fused-ring (bicyclic) bond motifs is 2. The molecule has 2 unspecified atom stereocenters. The van der Waals surface area contributed by atoms with Crippen LogP contribution in [0.5, 0.6) is 0 Å². The highest BCUT2D eigenvalue weighted by Crippen LogP contribution is 2.26. The van der Waals surface area contributed by atoms with Gasteiger partial charge in [0.1, 0.15) is 0 Å². The summed E-state index contributed by atoms with van der Waals surface area (Å²) in [4.78, 5) is 24.1. The number of likely N-dealkylation sites (tertiary alicyclic amines) is 1. The zero-order chi connectivity index (χ0) is 14.0. The molecular weight excluding hydrogens is 250 g/mol. The second-order valence-corrected chi connectivity index (χ2v) is 5.18. The van der Waals surface area contributed by atoms with Gasteiger partial charge in [-0.25, -0.2) is 9.59 Å². The topological polar surface area (TPSA) is 87.1 Å². The number of morpholine rings is 1. The molecule has 0 aliphatic carbocycles. The van der Waals surface area contributed by atoms with E-state index in [-0.39, 0.29) is 29.8 Å². The number of hydrogen-bond donors (Lipinski definition) is 2. The Morgan fingerprint density at radius 3 is 2.21 bits per heavy atom. The summed E-state index contributed by atoms with van der Waals surface area (Å²) in [5.41, 5.74) is -0.0879. The van der Waals surface area contributed by atoms with Crippen LogP contribution in [-0.4, -0.2) is 58.9 Å². The fraction of sp³-hybridized carbons (Fsp3) is 0.692. The molecule has 0 aromatic heterocycles. The lowest BCUT2D eigenvalue weighted by molar-refractivity contribution is -0.136. The van der Waals surface area contributed by atoms with Crippen molar-refractivity contribution in [1.29, 1.82) is 0 Å². The number of aliphatic carboxylic acids is 2. The molecule has 2 saturated heterocycles. The molecule has 6 heteroatoms. The van der Waals surface area contributed by atoms with E-state index in [9.17, 15) is 9.59 Å². The number of nitrogens with zero attached hydrogens (tertiary/aromatic N) is 1. The van der Waals surface area contributed by atoms with Crippen molar-refractivity contribution in [3.8, 4) is 0 Å². The molecule has 2 N–H and O–H groups in total. The standard InChI is InChI=1S/C13H19NO5/c1-8(12(15)16)11(13(17)18)4-5-14-6-9-2-3-10(7-14)19-9/h9-10H,2-7H2,1H3,(H,15,16)(H,17,18)/b11-8+. The molecule has 2 rings (SSSR count). The van der Waals surface area contributed by atoms with Crippen LogP contribution in [0.3, 0.4) is 0 Å². The minimum absolute atomic E-state index is 0.00802. The van der Waals surface area contributed by atoms with E-state index in [1.54, 1.807) is 0 Å². The Balaban J connectivity index is 1.94. The van der Waals surface area contributed by atoms with Crippen molar-refractivity contribution in [3.05, 3.63) is 11.1 Å². The lowest BCUT2D eigenvalue weighted by atomic mass is 10.1. The van der Waals surface area contributed by atoms with Gasteiger partial charge in [0.25, 0.3) is 0 Å². The fourth-order valence-corrected chi connectivity index (χ4v) is 2.74. The van der Waals surface area contributed by atoms with E-state index < -0.39 is 11.9 Å². The highest BCUT2D eigenvalue weighted by Gasteiger charge is 2.33. The summed E-state index contributed by atoms with van der Waals surface area (Å²) in [6.45, 7) is 3.54. The van der Waals surface area contributed by atoms with Crippen LogP contribution in [0.1, 0.15) is 26.2 Å². The van der Waals surface area contributed by atoms with E-state index in [2.05, 4.69) is 4.90 Å². The minimum Gasteiger partial charge on any atom is -0.478 e. The monoisotopic (exact) mass is 269 g/mol. The van der Waals surface area contributed by atoms with Crippen molar-refractivity contribution in [2.45, 2.75) is 38.4 Å². The highest BCUT2D eigenvalue weighted by molar-refractivity contribution is 5.98. The first-order valence-corrected chi connectivity index (χ1v) is 6.51. The van der Waals surface area contributed by atoms with Crippen molar-refractivity contribution in [2.75, 3.05) is 19.6 Å². The van der Waals surface area contributed by atoms with Gasteiger partial charge in [-0.3, -0.25) is 4.90 Å². The molecular formula is C13H19NO5. The molecule has 0 amide bonds. The zero-order valence-corrected chi connectivity index (χ0v) is 11.0. The largest absolute Gasteiger partial charge is 0.478 e. The van der Waals surface area contributed by atoms with E-state index in [4.69, 9.17) is 14.9 Å². The van der Waals surface area contributed by atoms with Crippen LogP contribution >= 0.6 is 0 Å². The summed E-state index contributed by atoms with van der Waals surface area (Å²) in [7, 11) is 0. The Morgan fingerprint density at radius 1 is 1.16 bits per heavy atom. The Morgan fingerprint density at radius 2 is 1.74 bits per heavy atom. The summed E-state index contributed by atoms with van der Waals surface area (Å²) in [5.74, 6) is -2.31. The van der Waals surface area contributed by atoms with Crippen molar-refractivity contribution >= 4 is 11.9 Å². The SMILES string of the molecule is C/C(C(=O)O)=C(/CCN1CC2CCC(C1)O2)C(=O)O. The maximum absolute atomic E-state index is 11.1. The van der Waals surface area contributed by atoms with Gasteiger partial charge in [-0.2, -0.15) is 0 Å². The van der Waals surface area contributed by atoms with E-state index in [0.717, 1.165) is 25.9 Å². The van der Waals surface area contributed by atoms with Gasteiger partial charge in [0, 0.05) is 30.8 Å². The summed E-state index contributed by atoms with van der Waals surface area (Å²) in [6.07, 6.45) is 2.91. The zero-order valence-electron chi connectivity index (χ0n) is 11.0. The van der Waals surface area contributed by atoms with Crippen molar-refractivity contribution < 1.29 is 24.5 Å². The van der Waals surface area contributed by atoms with Gasteiger partial charge >= 0.3 is 11.9 Å². The number of carboxylic acids is 2. The Kier molecular flexibility index (Phi) is 4.21. The van der Waals surface area contributed by atoms with Gasteiger partial charge in [-0.1, -0.05) is 0 Å². The molecule has 2 fully saturated rings. The van der Waals surface area contributed by atoms with E-state index in [1.807, 2.05) is 0 Å². The molecule has 6 nitrogen and oxygen atoms in total. The summed E-state index contributed by atoms with van der Waals surface area (Å²) in [5, 5.41) is 18.0. The van der Waals surface area contributed by atoms with Crippen LogP contribution in [0.4, 0.5) is 0 Å². The van der Waals surface area contributed by atoms with Crippen LogP contribution < -0.4 is 0 Å². The molecule has 0 aromatic rings. The molecule has 106 valence electrons. The third kappa shape index (κ3) is 3.33. The van der Waals surface area contributed by atoms with E-state index in [1.165, 1.54) is 6.92 Å². The van der Waals surface area contributed by atoms with Crippen LogP contribution in [0, 0.1) is 0 Å². The van der Waals surface area contributed by atoms with Crippen molar-refractivity contribution in [3.63, 3.8) is 0 Å². The molecule has 2 aliphatic heterocycles. The number of ether oxygens (including phenoxy) is 1. The van der Waals surface area contributed by atoms with E-state index in [0.29, 0.717) is 6.54 Å². The van der Waals surface area contributed by atoms with Crippen LogP contribution in [0.2, 0.25) is 0 Å². The molecule has 0 radical (unpaired) electrons. The maximum atomic E-state index is 11.1. The second kappa shape index (κ2) is 5.71. The highest BCUT2D eigenvalue weighted by atomic mass is 16.5. The normalized spacial score (nSPS) is 28.1. The second-order valence-electron chi connectivity index (χ2n) is 5.18. The number of hydrogen-bond acceptors (Lipinski definition) is 4. The van der Waals surface area contributed by atoms with Crippen molar-refractivity contribution in [2.24, 2.45) is 0 Å². The van der Waals surface area contributed by atoms with Gasteiger partial charge < -0.3 is 14.9 Å². The summed E-state index contributed by atoms with van der Waals surface area (Å²) in [6, 6.07) is 0. The molecule has 2 bridgehead atoms. The average molecular weight is 269 g/mol. The molecule has 0 saturated carbocycles. The fourth-order valence-electron chi connectivity index (χ4n) is 2.74. The predicted molar refractivity (Wildman–Crippen MR) is 66.9 cm³/mol. The first-order valence-electron chi connectivity index (χ1n) is 6.51. The number of carboxylic acid groups (broad SMARTS) is 2. The minimum atomic E-state index is -1.17. The van der Waals surface area contributed by atoms with Gasteiger partial charge in [-0.05, 0) is 26.2 Å². The molecule has 2 atom stereocenters. The lowest BCUT2D eigenvalue weighted by Gasteiger charge is -2.32. The predicted octanol–water partition coefficient (Wildman–Crippen LogP) is 0.725. The Bertz CT molecular complexity index is 405. The maximum Gasteiger partial charge on any atom is 0.332 e. The van der Waals surface area contributed by atoms with Gasteiger partial charge in [0.15, 0.2) is 0 Å². The van der Waals surface area contributed by atoms with E-state index >= 15 is 0 Å². The van der Waals surface area contributed by atoms with Crippen LogP contribution in [0.15, 0.2) is 11.1 Å². The lowest BCUT2D eigenvalue weighted by Crippen LogP contribution is -2.43. The average Bonchev–Trinajstić information content (AvgIpc) is 2.68. The molecule has 2 aliphatic rings. The van der Waals surface area contributed by atoms with Gasteiger partial charge in [-0.15, -0.1) is 0 Å². The van der Waals surface area contributed by atoms with Crippen molar-refractivity contribution in [1.82, 2.24) is 4.90 Å². The van der Waals surface area contributed by atoms with Crippen LogP contribution in [-0.2, 0) is 14.3 Å². The summed E-state index contributed by atoms with van der Waals surface area (Å²) < 4.78 is 5.70. The third-order valence-corrected chi connectivity index (χ3v) is 3.83. The smallest absolute Gasteiger partial charge is 0.332 e. The van der Waals surface area contributed by atoms with Gasteiger partial charge in [0.05, 0.1) is 12.2 Å². The third-order valence-electron chi connectivity index (χ3n) is 3.83. The first-order chi connectivity index (χ1) is 8.97. The summed E-state index contributed by atoms with van der Waals surface area (Å²) >= 11 is 0. The number of carbonyl (C=O) groups is 2.